The molecule has 2 rings (SSSR count). The van der Waals surface area contributed by atoms with E-state index in [9.17, 15) is 19.7 Å². The molecule has 9 nitrogen and oxygen atoms in total. The van der Waals surface area contributed by atoms with Gasteiger partial charge >= 0.3 is 12.1 Å². The molecule has 1 aliphatic rings. The quantitative estimate of drug-likeness (QED) is 0.417. The molecule has 1 atom stereocenters. The molecule has 1 saturated heterocycles. The Bertz CT molecular complexity index is 774. The van der Waals surface area contributed by atoms with E-state index in [0.29, 0.717) is 25.3 Å². The van der Waals surface area contributed by atoms with E-state index in [4.69, 9.17) is 9.47 Å². The topological polar surface area (TPSA) is 102 Å². The molecule has 0 aliphatic carbocycles. The number of rotatable bonds is 5. The molecule has 1 aromatic carbocycles. The van der Waals surface area contributed by atoms with Crippen molar-refractivity contribution in [3.8, 4) is 0 Å². The summed E-state index contributed by atoms with van der Waals surface area (Å²) < 4.78 is 10.4. The third-order valence-electron chi connectivity index (χ3n) is 4.61. The predicted octanol–water partition coefficient (Wildman–Crippen LogP) is 3.61. The smallest absolute Gasteiger partial charge is 0.410 e. The molecule has 0 N–H and O–H groups in total. The third kappa shape index (κ3) is 5.58. The zero-order valence-electron chi connectivity index (χ0n) is 17.6. The molecule has 0 aromatic heterocycles. The van der Waals surface area contributed by atoms with Gasteiger partial charge in [0.05, 0.1) is 11.5 Å². The van der Waals surface area contributed by atoms with Crippen molar-refractivity contribution in [1.82, 2.24) is 4.90 Å². The second-order valence-electron chi connectivity index (χ2n) is 7.86. The van der Waals surface area contributed by atoms with E-state index in [2.05, 4.69) is 4.90 Å². The van der Waals surface area contributed by atoms with Crippen molar-refractivity contribution in [2.24, 2.45) is 0 Å². The van der Waals surface area contributed by atoms with Crippen LogP contribution in [0.25, 0.3) is 0 Å². The van der Waals surface area contributed by atoms with Crippen LogP contribution in [0.5, 0.6) is 0 Å². The van der Waals surface area contributed by atoms with Gasteiger partial charge in [-0.3, -0.25) is 10.1 Å². The normalized spacial score (nSPS) is 17.1. The minimum atomic E-state index is -0.721. The highest BCUT2D eigenvalue weighted by Crippen LogP contribution is 2.29. The Balaban J connectivity index is 2.26. The van der Waals surface area contributed by atoms with E-state index in [1.807, 2.05) is 27.7 Å². The summed E-state index contributed by atoms with van der Waals surface area (Å²) in [7, 11) is 0. The maximum absolute atomic E-state index is 12.4. The van der Waals surface area contributed by atoms with E-state index < -0.39 is 16.5 Å². The Morgan fingerprint density at radius 3 is 2.48 bits per heavy atom. The number of amides is 1. The van der Waals surface area contributed by atoms with Gasteiger partial charge in [0.1, 0.15) is 11.2 Å². The molecule has 1 aromatic rings. The van der Waals surface area contributed by atoms with E-state index in [1.54, 1.807) is 17.9 Å². The second-order valence-corrected chi connectivity index (χ2v) is 7.86. The molecule has 160 valence electrons. The van der Waals surface area contributed by atoms with Gasteiger partial charge in [0, 0.05) is 37.4 Å². The van der Waals surface area contributed by atoms with Gasteiger partial charge in [-0.1, -0.05) is 6.92 Å². The van der Waals surface area contributed by atoms with Crippen molar-refractivity contribution in [2.45, 2.75) is 52.7 Å². The summed E-state index contributed by atoms with van der Waals surface area (Å²) in [6.07, 6.45) is 0.400. The first-order valence-electron chi connectivity index (χ1n) is 9.77. The standard InChI is InChI=1S/C20H29N3O6/c1-6-14-13-21(19(25)29-20(3,4)5)10-11-22(14)15-8-9-17(23(26)27)16(12-15)18(24)28-7-2/h8-9,12,14H,6-7,10-11,13H2,1-5H3/t14-/m0/s1. The fourth-order valence-electron chi connectivity index (χ4n) is 3.27. The number of carbonyl (C=O) groups excluding carboxylic acids is 2. The Morgan fingerprint density at radius 1 is 1.24 bits per heavy atom. The van der Waals surface area contributed by atoms with E-state index in [0.717, 1.165) is 6.42 Å². The fraction of sp³-hybridized carbons (Fsp3) is 0.600. The van der Waals surface area contributed by atoms with Crippen LogP contribution < -0.4 is 4.90 Å². The molecule has 1 fully saturated rings. The van der Waals surface area contributed by atoms with Crippen molar-refractivity contribution < 1.29 is 24.0 Å². The number of nitro groups is 1. The van der Waals surface area contributed by atoms with E-state index in [1.165, 1.54) is 12.1 Å². The zero-order valence-corrected chi connectivity index (χ0v) is 17.6. The molecule has 0 unspecified atom stereocenters. The number of ether oxygens (including phenoxy) is 2. The second kappa shape index (κ2) is 9.11. The molecule has 1 heterocycles. The first kappa shape index (κ1) is 22.4. The van der Waals surface area contributed by atoms with Crippen LogP contribution in [0.15, 0.2) is 18.2 Å². The Morgan fingerprint density at radius 2 is 1.93 bits per heavy atom. The first-order valence-corrected chi connectivity index (χ1v) is 9.77. The largest absolute Gasteiger partial charge is 0.462 e. The molecule has 9 heteroatoms. The Hall–Kier alpha value is -2.84. The fourth-order valence-corrected chi connectivity index (χ4v) is 3.27. The Labute approximate surface area is 170 Å². The summed E-state index contributed by atoms with van der Waals surface area (Å²) in [5.41, 5.74) is -0.233. The molecule has 0 spiro atoms. The van der Waals surface area contributed by atoms with E-state index in [-0.39, 0.29) is 30.0 Å². The van der Waals surface area contributed by atoms with Gasteiger partial charge in [0.25, 0.3) is 5.69 Å². The minimum Gasteiger partial charge on any atom is -0.462 e. The number of benzene rings is 1. The first-order chi connectivity index (χ1) is 13.6. The van der Waals surface area contributed by atoms with Crippen LogP contribution in [0.4, 0.5) is 16.2 Å². The maximum Gasteiger partial charge on any atom is 0.410 e. The van der Waals surface area contributed by atoms with Gasteiger partial charge < -0.3 is 19.3 Å². The average molecular weight is 407 g/mol. The zero-order chi connectivity index (χ0) is 21.8. The van der Waals surface area contributed by atoms with Crippen LogP contribution in [0.2, 0.25) is 0 Å². The molecule has 1 aliphatic heterocycles. The molecule has 0 bridgehead atoms. The highest BCUT2D eigenvalue weighted by atomic mass is 16.6. The van der Waals surface area contributed by atoms with Crippen LogP contribution >= 0.6 is 0 Å². The van der Waals surface area contributed by atoms with Crippen molar-refractivity contribution in [1.29, 1.82) is 0 Å². The highest BCUT2D eigenvalue weighted by molar-refractivity contribution is 5.95. The van der Waals surface area contributed by atoms with E-state index >= 15 is 0 Å². The number of hydrogen-bond donors (Lipinski definition) is 0. The third-order valence-corrected chi connectivity index (χ3v) is 4.61. The van der Waals surface area contributed by atoms with Crippen LogP contribution in [0.1, 0.15) is 51.4 Å². The van der Waals surface area contributed by atoms with Crippen molar-refractivity contribution in [3.05, 3.63) is 33.9 Å². The highest BCUT2D eigenvalue weighted by Gasteiger charge is 2.32. The van der Waals surface area contributed by atoms with Gasteiger partial charge in [-0.2, -0.15) is 0 Å². The molecule has 29 heavy (non-hydrogen) atoms. The summed E-state index contributed by atoms with van der Waals surface area (Å²) in [5.74, 6) is -0.721. The molecular weight excluding hydrogens is 378 g/mol. The summed E-state index contributed by atoms with van der Waals surface area (Å²) in [6, 6.07) is 4.45. The maximum atomic E-state index is 12.4. The van der Waals surface area contributed by atoms with Crippen LogP contribution in [0.3, 0.4) is 0 Å². The Kier molecular flexibility index (Phi) is 7.05. The number of hydrogen-bond acceptors (Lipinski definition) is 7. The van der Waals surface area contributed by atoms with Gasteiger partial charge in [-0.15, -0.1) is 0 Å². The van der Waals surface area contributed by atoms with Crippen LogP contribution in [-0.4, -0.2) is 59.8 Å². The SMILES string of the molecule is CCOC(=O)c1cc(N2CCN(C(=O)OC(C)(C)C)C[C@@H]2CC)ccc1[N+](=O)[O-]. The summed E-state index contributed by atoms with van der Waals surface area (Å²) in [6.45, 7) is 10.7. The summed E-state index contributed by atoms with van der Waals surface area (Å²) >= 11 is 0. The summed E-state index contributed by atoms with van der Waals surface area (Å²) in [4.78, 5) is 39.1. The molecular formula is C20H29N3O6. The van der Waals surface area contributed by atoms with Gasteiger partial charge in [0.2, 0.25) is 0 Å². The minimum absolute atomic E-state index is 0.00669. The van der Waals surface area contributed by atoms with Gasteiger partial charge in [0.15, 0.2) is 0 Å². The predicted molar refractivity (Wildman–Crippen MR) is 108 cm³/mol. The van der Waals surface area contributed by atoms with Crippen molar-refractivity contribution in [2.75, 3.05) is 31.1 Å². The number of nitrogens with zero attached hydrogens (tertiary/aromatic N) is 3. The lowest BCUT2D eigenvalue weighted by molar-refractivity contribution is -0.385. The lowest BCUT2D eigenvalue weighted by atomic mass is 10.1. The van der Waals surface area contributed by atoms with Crippen LogP contribution in [-0.2, 0) is 9.47 Å². The molecule has 1 amide bonds. The lowest BCUT2D eigenvalue weighted by Gasteiger charge is -2.42. The molecule has 0 saturated carbocycles. The van der Waals surface area contributed by atoms with Gasteiger partial charge in [-0.25, -0.2) is 9.59 Å². The lowest BCUT2D eigenvalue weighted by Crippen LogP contribution is -2.55. The van der Waals surface area contributed by atoms with Crippen molar-refractivity contribution >= 4 is 23.4 Å². The number of anilines is 1. The van der Waals surface area contributed by atoms with Crippen LogP contribution in [0, 0.1) is 10.1 Å². The molecule has 0 radical (unpaired) electrons. The number of nitro benzene ring substituents is 1. The van der Waals surface area contributed by atoms with Gasteiger partial charge in [-0.05, 0) is 46.2 Å². The number of carbonyl (C=O) groups is 2. The number of piperazine rings is 1. The van der Waals surface area contributed by atoms with Crippen molar-refractivity contribution in [3.63, 3.8) is 0 Å². The monoisotopic (exact) mass is 407 g/mol. The number of esters is 1. The average Bonchev–Trinajstić information content (AvgIpc) is 2.65. The summed E-state index contributed by atoms with van der Waals surface area (Å²) in [5, 5.41) is 11.3.